The second kappa shape index (κ2) is 6.01. The van der Waals surface area contributed by atoms with Gasteiger partial charge in [0.2, 0.25) is 0 Å². The molecule has 114 valence electrons. The lowest BCUT2D eigenvalue weighted by molar-refractivity contribution is 0.180. The number of ether oxygens (including phenoxy) is 1. The topological polar surface area (TPSA) is 100 Å². The van der Waals surface area contributed by atoms with Crippen LogP contribution in [0.3, 0.4) is 0 Å². The number of aliphatic hydroxyl groups excluding tert-OH is 1. The number of aromatic hydroxyl groups is 2. The predicted octanol–water partition coefficient (Wildman–Crippen LogP) is 1.92. The number of rotatable bonds is 4. The number of phenols is 2. The van der Waals surface area contributed by atoms with Crippen molar-refractivity contribution in [3.63, 3.8) is 0 Å². The highest BCUT2D eigenvalue weighted by molar-refractivity contribution is 6.44. The highest BCUT2D eigenvalue weighted by atomic mass is 35.5. The van der Waals surface area contributed by atoms with Gasteiger partial charge in [0.1, 0.15) is 21.7 Å². The van der Waals surface area contributed by atoms with Crippen LogP contribution >= 0.6 is 23.2 Å². The monoisotopic (exact) mass is 334 g/mol. The van der Waals surface area contributed by atoms with E-state index < -0.39 is 16.6 Å². The summed E-state index contributed by atoms with van der Waals surface area (Å²) in [7, 11) is 1.31. The van der Waals surface area contributed by atoms with Gasteiger partial charge < -0.3 is 24.5 Å². The molecule has 0 aliphatic heterocycles. The summed E-state index contributed by atoms with van der Waals surface area (Å²) in [6.07, 6.45) is -1.27. The fourth-order valence-electron chi connectivity index (χ4n) is 1.92. The second-order valence-electron chi connectivity index (χ2n) is 4.34. The normalized spacial score (nSPS) is 12.8. The van der Waals surface area contributed by atoms with Gasteiger partial charge in [-0.1, -0.05) is 0 Å². The molecule has 1 heterocycles. The molecule has 21 heavy (non-hydrogen) atoms. The summed E-state index contributed by atoms with van der Waals surface area (Å²) in [5.41, 5.74) is -0.856. The summed E-state index contributed by atoms with van der Waals surface area (Å²) in [5, 5.41) is 29.3. The Labute approximate surface area is 129 Å². The lowest BCUT2D eigenvalue weighted by Crippen LogP contribution is -2.19. The summed E-state index contributed by atoms with van der Waals surface area (Å²) in [5.74, 6) is -0.630. The zero-order valence-corrected chi connectivity index (χ0v) is 12.4. The SMILES string of the molecule is COc1cc(O)c2c(=O)oc(CC(O)C(Cl)Cl)cc2c1O. The molecule has 1 aromatic heterocycles. The number of fused-ring (bicyclic) bond motifs is 1. The Balaban J connectivity index is 2.63. The quantitative estimate of drug-likeness (QED) is 0.583. The lowest BCUT2D eigenvalue weighted by Gasteiger charge is -2.12. The summed E-state index contributed by atoms with van der Waals surface area (Å²) in [6.45, 7) is 0. The maximum absolute atomic E-state index is 11.9. The van der Waals surface area contributed by atoms with Gasteiger partial charge in [0.25, 0.3) is 0 Å². The summed E-state index contributed by atoms with van der Waals surface area (Å²) >= 11 is 11.1. The summed E-state index contributed by atoms with van der Waals surface area (Å²) < 4.78 is 9.87. The Morgan fingerprint density at radius 1 is 1.33 bits per heavy atom. The lowest BCUT2D eigenvalue weighted by atomic mass is 10.1. The smallest absolute Gasteiger partial charge is 0.347 e. The summed E-state index contributed by atoms with van der Waals surface area (Å²) in [6, 6.07) is 2.42. The second-order valence-corrected chi connectivity index (χ2v) is 5.51. The Bertz CT molecular complexity index is 725. The zero-order valence-electron chi connectivity index (χ0n) is 10.8. The molecule has 1 atom stereocenters. The Morgan fingerprint density at radius 2 is 2.00 bits per heavy atom. The van der Waals surface area contributed by atoms with Crippen LogP contribution < -0.4 is 10.4 Å². The minimum absolute atomic E-state index is 0.00432. The van der Waals surface area contributed by atoms with Gasteiger partial charge in [0.15, 0.2) is 11.5 Å². The van der Waals surface area contributed by atoms with Crippen molar-refractivity contribution in [1.82, 2.24) is 0 Å². The van der Waals surface area contributed by atoms with Gasteiger partial charge in [0.05, 0.1) is 13.2 Å². The van der Waals surface area contributed by atoms with E-state index in [2.05, 4.69) is 0 Å². The maximum atomic E-state index is 11.9. The van der Waals surface area contributed by atoms with E-state index in [0.29, 0.717) is 0 Å². The molecule has 0 amide bonds. The highest BCUT2D eigenvalue weighted by Crippen LogP contribution is 2.39. The minimum atomic E-state index is -1.14. The van der Waals surface area contributed by atoms with Gasteiger partial charge in [0, 0.05) is 17.9 Å². The number of alkyl halides is 2. The van der Waals surface area contributed by atoms with Crippen molar-refractivity contribution in [2.45, 2.75) is 17.4 Å². The van der Waals surface area contributed by atoms with Crippen molar-refractivity contribution in [3.8, 4) is 17.2 Å². The van der Waals surface area contributed by atoms with Gasteiger partial charge in [-0.15, -0.1) is 23.2 Å². The number of halogens is 2. The van der Waals surface area contributed by atoms with Crippen molar-refractivity contribution in [1.29, 1.82) is 0 Å². The molecule has 1 unspecified atom stereocenters. The molecule has 0 radical (unpaired) electrons. The Kier molecular flexibility index (Phi) is 4.51. The average Bonchev–Trinajstić information content (AvgIpc) is 2.41. The van der Waals surface area contributed by atoms with Crippen molar-refractivity contribution in [3.05, 3.63) is 28.3 Å². The van der Waals surface area contributed by atoms with Gasteiger partial charge >= 0.3 is 5.63 Å². The first-order valence-electron chi connectivity index (χ1n) is 5.87. The predicted molar refractivity (Wildman–Crippen MR) is 77.6 cm³/mol. The molecule has 1 aromatic carbocycles. The van der Waals surface area contributed by atoms with Crippen LogP contribution in [-0.4, -0.2) is 33.4 Å². The van der Waals surface area contributed by atoms with Gasteiger partial charge in [-0.25, -0.2) is 4.79 Å². The number of benzene rings is 1. The van der Waals surface area contributed by atoms with Crippen LogP contribution in [0.25, 0.3) is 10.8 Å². The van der Waals surface area contributed by atoms with Gasteiger partial charge in [-0.05, 0) is 6.07 Å². The third kappa shape index (κ3) is 3.02. The highest BCUT2D eigenvalue weighted by Gasteiger charge is 2.20. The van der Waals surface area contributed by atoms with Gasteiger partial charge in [-0.3, -0.25) is 0 Å². The fraction of sp³-hybridized carbons (Fsp3) is 0.308. The van der Waals surface area contributed by atoms with Crippen LogP contribution in [-0.2, 0) is 6.42 Å². The van der Waals surface area contributed by atoms with E-state index in [4.69, 9.17) is 32.4 Å². The van der Waals surface area contributed by atoms with Crippen molar-refractivity contribution < 1.29 is 24.5 Å². The molecular weight excluding hydrogens is 323 g/mol. The van der Waals surface area contributed by atoms with Crippen molar-refractivity contribution in [2.75, 3.05) is 7.11 Å². The molecule has 3 N–H and O–H groups in total. The zero-order chi connectivity index (χ0) is 15.7. The van der Waals surface area contributed by atoms with Crippen molar-refractivity contribution >= 4 is 34.0 Å². The Morgan fingerprint density at radius 3 is 2.57 bits per heavy atom. The number of aliphatic hydroxyl groups is 1. The third-order valence-corrected chi connectivity index (χ3v) is 3.52. The fourth-order valence-corrected chi connectivity index (χ4v) is 2.10. The molecule has 8 heteroatoms. The van der Waals surface area contributed by atoms with E-state index in [1.165, 1.54) is 13.2 Å². The summed E-state index contributed by atoms with van der Waals surface area (Å²) in [4.78, 5) is 10.8. The Hall–Kier alpha value is -1.63. The largest absolute Gasteiger partial charge is 0.507 e. The molecule has 0 spiro atoms. The molecule has 0 fully saturated rings. The van der Waals surface area contributed by atoms with Crippen LogP contribution in [0, 0.1) is 0 Å². The van der Waals surface area contributed by atoms with Crippen LogP contribution in [0.1, 0.15) is 5.76 Å². The van der Waals surface area contributed by atoms with E-state index >= 15 is 0 Å². The molecule has 0 saturated carbocycles. The molecule has 0 aliphatic rings. The minimum Gasteiger partial charge on any atom is -0.507 e. The molecule has 0 saturated heterocycles. The first-order chi connectivity index (χ1) is 9.85. The molecule has 2 rings (SSSR count). The molecule has 0 aliphatic carbocycles. The molecule has 0 bridgehead atoms. The number of phenolic OH excluding ortho intramolecular Hbond substituents is 2. The number of hydrogen-bond donors (Lipinski definition) is 3. The van der Waals surface area contributed by atoms with Crippen LogP contribution in [0.2, 0.25) is 0 Å². The van der Waals surface area contributed by atoms with E-state index in [-0.39, 0.29) is 40.2 Å². The number of methoxy groups -OCH3 is 1. The molecule has 6 nitrogen and oxygen atoms in total. The van der Waals surface area contributed by atoms with E-state index in [1.54, 1.807) is 0 Å². The van der Waals surface area contributed by atoms with Crippen LogP contribution in [0.4, 0.5) is 0 Å². The number of hydrogen-bond acceptors (Lipinski definition) is 6. The third-order valence-electron chi connectivity index (χ3n) is 2.94. The molecule has 2 aromatic rings. The van der Waals surface area contributed by atoms with Crippen LogP contribution in [0.5, 0.6) is 17.2 Å². The van der Waals surface area contributed by atoms with E-state index in [0.717, 1.165) is 6.07 Å². The maximum Gasteiger partial charge on any atom is 0.347 e. The first-order valence-corrected chi connectivity index (χ1v) is 6.74. The van der Waals surface area contributed by atoms with E-state index in [9.17, 15) is 20.1 Å². The van der Waals surface area contributed by atoms with Crippen LogP contribution in [0.15, 0.2) is 21.3 Å². The standard InChI is InChI=1S/C13H12Cl2O6/c1-20-9-4-7(16)10-6(11(9)18)2-5(21-13(10)19)3-8(17)12(14)15/h2,4,8,12,16-18H,3H2,1H3. The average molecular weight is 335 g/mol. The van der Waals surface area contributed by atoms with Crippen molar-refractivity contribution in [2.24, 2.45) is 0 Å². The van der Waals surface area contributed by atoms with Gasteiger partial charge in [-0.2, -0.15) is 0 Å². The van der Waals surface area contributed by atoms with E-state index in [1.807, 2.05) is 0 Å². The molecular formula is C13H12Cl2O6. The first kappa shape index (κ1) is 15.8.